The predicted molar refractivity (Wildman–Crippen MR) is 58.3 cm³/mol. The van der Waals surface area contributed by atoms with E-state index in [4.69, 9.17) is 5.84 Å². The Labute approximate surface area is 94.0 Å². The number of nitrogen functional groups attached to an aromatic ring is 1. The van der Waals surface area contributed by atoms with Crippen LogP contribution in [0.3, 0.4) is 0 Å². The number of hydrogen-bond acceptors (Lipinski definition) is 8. The Kier molecular flexibility index (Phi) is 3.14. The number of nitrogens with one attached hydrogen (secondary N) is 1. The summed E-state index contributed by atoms with van der Waals surface area (Å²) in [5.74, 6) is 6.02. The van der Waals surface area contributed by atoms with Crippen LogP contribution in [0.5, 0.6) is 0 Å². The highest BCUT2D eigenvalue weighted by molar-refractivity contribution is 7.98. The molecule has 80 valence electrons. The first-order valence-corrected chi connectivity index (χ1v) is 5.86. The van der Waals surface area contributed by atoms with Gasteiger partial charge < -0.3 is 0 Å². The third-order valence-corrected chi connectivity index (χ3v) is 3.77. The Bertz CT molecular complexity index is 436. The van der Waals surface area contributed by atoms with Gasteiger partial charge in [-0.3, -0.25) is 5.43 Å². The van der Waals surface area contributed by atoms with Crippen LogP contribution in [0, 0.1) is 0 Å². The minimum atomic E-state index is 0.710. The van der Waals surface area contributed by atoms with Gasteiger partial charge in [-0.15, -0.1) is 16.4 Å². The van der Waals surface area contributed by atoms with Crippen molar-refractivity contribution in [1.29, 1.82) is 0 Å². The molecule has 0 atom stereocenters. The summed E-state index contributed by atoms with van der Waals surface area (Å²) in [5, 5.41) is 12.7. The number of nitrogens with two attached hydrogens (primary N) is 1. The molecule has 15 heavy (non-hydrogen) atoms. The number of hydrazine groups is 1. The molecule has 2 heterocycles. The quantitative estimate of drug-likeness (QED) is 0.451. The van der Waals surface area contributed by atoms with E-state index in [1.165, 1.54) is 11.3 Å². The van der Waals surface area contributed by atoms with Gasteiger partial charge in [-0.05, 0) is 10.4 Å². The number of aromatic nitrogens is 5. The van der Waals surface area contributed by atoms with Crippen LogP contribution in [0.25, 0.3) is 0 Å². The molecule has 0 aliphatic heterocycles. The minimum Gasteiger partial charge on any atom is -0.300 e. The molecule has 0 saturated heterocycles. The maximum Gasteiger partial charge on any atom is 0.209 e. The molecular formula is C6H9N7S2. The molecule has 2 aromatic rings. The van der Waals surface area contributed by atoms with Gasteiger partial charge in [-0.2, -0.15) is 0 Å². The van der Waals surface area contributed by atoms with Crippen molar-refractivity contribution in [2.24, 2.45) is 12.9 Å². The van der Waals surface area contributed by atoms with Gasteiger partial charge in [0.05, 0.1) is 0 Å². The number of hydrogen-bond donors (Lipinski definition) is 2. The highest BCUT2D eigenvalue weighted by Crippen LogP contribution is 2.24. The summed E-state index contributed by atoms with van der Waals surface area (Å²) in [7, 11) is 1.81. The smallest absolute Gasteiger partial charge is 0.209 e. The fourth-order valence-electron chi connectivity index (χ4n) is 0.920. The molecule has 7 nitrogen and oxygen atoms in total. The van der Waals surface area contributed by atoms with Crippen LogP contribution in [-0.4, -0.2) is 25.2 Å². The Morgan fingerprint density at radius 1 is 1.67 bits per heavy atom. The molecule has 0 aliphatic carbocycles. The average Bonchev–Trinajstić information content (AvgIpc) is 2.84. The van der Waals surface area contributed by atoms with Gasteiger partial charge in [0.15, 0.2) is 5.13 Å². The van der Waals surface area contributed by atoms with E-state index in [0.29, 0.717) is 5.13 Å². The molecule has 2 aromatic heterocycles. The molecule has 0 aromatic carbocycles. The molecular weight excluding hydrogens is 234 g/mol. The fourth-order valence-corrected chi connectivity index (χ4v) is 2.51. The largest absolute Gasteiger partial charge is 0.300 e. The molecule has 0 radical (unpaired) electrons. The number of thioether (sulfide) groups is 1. The topological polar surface area (TPSA) is 94.5 Å². The van der Waals surface area contributed by atoms with E-state index in [9.17, 15) is 0 Å². The molecule has 2 rings (SSSR count). The molecule has 0 amide bonds. The lowest BCUT2D eigenvalue weighted by molar-refractivity contribution is 0.664. The van der Waals surface area contributed by atoms with Gasteiger partial charge in [0, 0.05) is 23.9 Å². The summed E-state index contributed by atoms with van der Waals surface area (Å²) in [6.07, 6.45) is 1.79. The third-order valence-electron chi connectivity index (χ3n) is 1.60. The van der Waals surface area contributed by atoms with Crippen molar-refractivity contribution < 1.29 is 0 Å². The van der Waals surface area contributed by atoms with Crippen LogP contribution in [0.2, 0.25) is 0 Å². The fraction of sp³-hybridized carbons (Fsp3) is 0.333. The van der Waals surface area contributed by atoms with Gasteiger partial charge in [-0.25, -0.2) is 15.5 Å². The third kappa shape index (κ3) is 2.43. The summed E-state index contributed by atoms with van der Waals surface area (Å²) in [6, 6.07) is 0. The van der Waals surface area contributed by atoms with Crippen LogP contribution in [0.4, 0.5) is 5.13 Å². The van der Waals surface area contributed by atoms with Crippen molar-refractivity contribution in [2.75, 3.05) is 5.43 Å². The van der Waals surface area contributed by atoms with Crippen molar-refractivity contribution in [2.45, 2.75) is 10.9 Å². The molecule has 9 heteroatoms. The SMILES string of the molecule is Cn1nnnc1SCc1cnc(NN)s1. The van der Waals surface area contributed by atoms with E-state index in [0.717, 1.165) is 15.8 Å². The second kappa shape index (κ2) is 4.55. The molecule has 0 bridgehead atoms. The summed E-state index contributed by atoms with van der Waals surface area (Å²) >= 11 is 3.07. The molecule has 3 N–H and O–H groups in total. The highest BCUT2D eigenvalue weighted by Gasteiger charge is 2.05. The van der Waals surface area contributed by atoms with Crippen molar-refractivity contribution in [1.82, 2.24) is 25.2 Å². The van der Waals surface area contributed by atoms with Gasteiger partial charge in [0.2, 0.25) is 5.16 Å². The van der Waals surface area contributed by atoms with Gasteiger partial charge in [-0.1, -0.05) is 11.8 Å². The number of thiazole rings is 1. The van der Waals surface area contributed by atoms with E-state index in [2.05, 4.69) is 25.9 Å². The number of tetrazole rings is 1. The Balaban J connectivity index is 1.96. The first-order chi connectivity index (χ1) is 7.29. The van der Waals surface area contributed by atoms with Crippen LogP contribution in [-0.2, 0) is 12.8 Å². The van der Waals surface area contributed by atoms with Crippen LogP contribution in [0.1, 0.15) is 4.88 Å². The van der Waals surface area contributed by atoms with Crippen molar-refractivity contribution in [3.8, 4) is 0 Å². The lowest BCUT2D eigenvalue weighted by Crippen LogP contribution is -2.05. The van der Waals surface area contributed by atoms with Crippen LogP contribution >= 0.6 is 23.1 Å². The second-order valence-corrected chi connectivity index (χ2v) is 4.71. The second-order valence-electron chi connectivity index (χ2n) is 2.65. The lowest BCUT2D eigenvalue weighted by Gasteiger charge is -1.95. The Morgan fingerprint density at radius 3 is 3.13 bits per heavy atom. The summed E-state index contributed by atoms with van der Waals surface area (Å²) in [4.78, 5) is 5.19. The monoisotopic (exact) mass is 243 g/mol. The first kappa shape index (κ1) is 10.3. The van der Waals surface area contributed by atoms with Crippen molar-refractivity contribution >= 4 is 28.2 Å². The van der Waals surface area contributed by atoms with Crippen LogP contribution < -0.4 is 11.3 Å². The average molecular weight is 243 g/mol. The summed E-state index contributed by atoms with van der Waals surface area (Å²) in [5.41, 5.74) is 2.50. The number of anilines is 1. The predicted octanol–water partition coefficient (Wildman–Crippen LogP) is 0.244. The van der Waals surface area contributed by atoms with Crippen LogP contribution in [0.15, 0.2) is 11.4 Å². The standard InChI is InChI=1S/C6H9N7S2/c1-13-6(10-11-12-13)14-3-4-2-8-5(9-7)15-4/h2H,3,7H2,1H3,(H,8,9). The summed E-state index contributed by atoms with van der Waals surface area (Å²) < 4.78 is 1.63. The maximum absolute atomic E-state index is 5.23. The molecule has 0 saturated carbocycles. The van der Waals surface area contributed by atoms with E-state index >= 15 is 0 Å². The van der Waals surface area contributed by atoms with E-state index < -0.39 is 0 Å². The number of rotatable bonds is 4. The van der Waals surface area contributed by atoms with E-state index in [1.807, 2.05) is 7.05 Å². The van der Waals surface area contributed by atoms with Gasteiger partial charge >= 0.3 is 0 Å². The van der Waals surface area contributed by atoms with Gasteiger partial charge in [0.25, 0.3) is 0 Å². The minimum absolute atomic E-state index is 0.710. The zero-order valence-corrected chi connectivity index (χ0v) is 9.55. The molecule has 0 unspecified atom stereocenters. The molecule has 0 fully saturated rings. The maximum atomic E-state index is 5.23. The Morgan fingerprint density at radius 2 is 2.53 bits per heavy atom. The first-order valence-electron chi connectivity index (χ1n) is 4.06. The zero-order chi connectivity index (χ0) is 10.7. The number of nitrogens with zero attached hydrogens (tertiary/aromatic N) is 5. The Hall–Kier alpha value is -1.19. The molecule has 0 spiro atoms. The number of aryl methyl sites for hydroxylation is 1. The normalized spacial score (nSPS) is 10.5. The van der Waals surface area contributed by atoms with E-state index in [1.54, 1.807) is 22.6 Å². The lowest BCUT2D eigenvalue weighted by atomic mass is 10.6. The van der Waals surface area contributed by atoms with E-state index in [-0.39, 0.29) is 0 Å². The van der Waals surface area contributed by atoms with Crippen molar-refractivity contribution in [3.63, 3.8) is 0 Å². The van der Waals surface area contributed by atoms with Crippen molar-refractivity contribution in [3.05, 3.63) is 11.1 Å². The highest BCUT2D eigenvalue weighted by atomic mass is 32.2. The molecule has 0 aliphatic rings. The zero-order valence-electron chi connectivity index (χ0n) is 7.91. The summed E-state index contributed by atoms with van der Waals surface area (Å²) in [6.45, 7) is 0. The van der Waals surface area contributed by atoms with Gasteiger partial charge in [0.1, 0.15) is 0 Å².